The monoisotopic (exact) mass is 260 g/mol. The van der Waals surface area contributed by atoms with Crippen molar-refractivity contribution >= 4 is 0 Å². The Morgan fingerprint density at radius 3 is 2.58 bits per heavy atom. The maximum Gasteiger partial charge on any atom is 0.123 e. The summed E-state index contributed by atoms with van der Waals surface area (Å²) in [7, 11) is 0. The highest BCUT2D eigenvalue weighted by molar-refractivity contribution is 5.34. The molecule has 0 aliphatic heterocycles. The largest absolute Gasteiger partial charge is 0.489 e. The van der Waals surface area contributed by atoms with Crippen LogP contribution >= 0.6 is 0 Å². The minimum absolute atomic E-state index is 0.317. The quantitative estimate of drug-likeness (QED) is 0.893. The number of benzene rings is 2. The van der Waals surface area contributed by atoms with Crippen molar-refractivity contribution in [3.8, 4) is 5.75 Å². The van der Waals surface area contributed by atoms with Gasteiger partial charge in [-0.2, -0.15) is 0 Å². The Morgan fingerprint density at radius 2 is 1.89 bits per heavy atom. The second kappa shape index (κ2) is 6.34. The molecule has 19 heavy (non-hydrogen) atoms. The molecule has 3 heteroatoms. The lowest BCUT2D eigenvalue weighted by Gasteiger charge is -2.13. The molecule has 0 heterocycles. The summed E-state index contributed by atoms with van der Waals surface area (Å²) in [5, 5.41) is 9.43. The van der Waals surface area contributed by atoms with Crippen LogP contribution in [0.1, 0.15) is 18.1 Å². The molecule has 0 saturated heterocycles. The summed E-state index contributed by atoms with van der Waals surface area (Å²) in [4.78, 5) is 0. The van der Waals surface area contributed by atoms with E-state index >= 15 is 0 Å². The zero-order valence-corrected chi connectivity index (χ0v) is 10.8. The second-order valence-corrected chi connectivity index (χ2v) is 4.58. The van der Waals surface area contributed by atoms with Crippen LogP contribution in [0.5, 0.6) is 5.75 Å². The van der Waals surface area contributed by atoms with Gasteiger partial charge < -0.3 is 9.84 Å². The zero-order chi connectivity index (χ0) is 13.7. The van der Waals surface area contributed by atoms with Crippen LogP contribution in [-0.2, 0) is 13.0 Å². The molecule has 1 N–H and O–H groups in total. The fraction of sp³-hybridized carbons (Fsp3) is 0.250. The highest BCUT2D eigenvalue weighted by Crippen LogP contribution is 2.22. The summed E-state index contributed by atoms with van der Waals surface area (Å²) >= 11 is 0. The van der Waals surface area contributed by atoms with Gasteiger partial charge >= 0.3 is 0 Å². The van der Waals surface area contributed by atoms with E-state index in [1.807, 2.05) is 30.3 Å². The van der Waals surface area contributed by atoms with Crippen molar-refractivity contribution < 1.29 is 14.2 Å². The number of hydrogen-bond donors (Lipinski definition) is 1. The number of ether oxygens (including phenoxy) is 1. The van der Waals surface area contributed by atoms with Crippen LogP contribution in [0.15, 0.2) is 48.5 Å². The Morgan fingerprint density at radius 1 is 1.16 bits per heavy atom. The first-order valence-electron chi connectivity index (χ1n) is 6.28. The molecule has 0 fully saturated rings. The van der Waals surface area contributed by atoms with Crippen molar-refractivity contribution in [2.45, 2.75) is 26.1 Å². The van der Waals surface area contributed by atoms with Gasteiger partial charge in [-0.25, -0.2) is 4.39 Å². The molecule has 0 amide bonds. The molecule has 0 unspecified atom stereocenters. The molecular formula is C16H17FO2. The van der Waals surface area contributed by atoms with Crippen LogP contribution in [0.4, 0.5) is 4.39 Å². The van der Waals surface area contributed by atoms with Crippen molar-refractivity contribution in [1.82, 2.24) is 0 Å². The molecule has 100 valence electrons. The fourth-order valence-electron chi connectivity index (χ4n) is 1.90. The van der Waals surface area contributed by atoms with E-state index in [1.54, 1.807) is 13.0 Å². The van der Waals surface area contributed by atoms with Crippen molar-refractivity contribution in [1.29, 1.82) is 0 Å². The minimum Gasteiger partial charge on any atom is -0.489 e. The number of halogens is 1. The van der Waals surface area contributed by atoms with Gasteiger partial charge in [0, 0.05) is 6.42 Å². The van der Waals surface area contributed by atoms with Crippen LogP contribution in [0.25, 0.3) is 0 Å². The topological polar surface area (TPSA) is 29.5 Å². The lowest BCUT2D eigenvalue weighted by molar-refractivity contribution is 0.193. The van der Waals surface area contributed by atoms with Gasteiger partial charge in [-0.3, -0.25) is 0 Å². The number of aliphatic hydroxyl groups is 1. The van der Waals surface area contributed by atoms with Gasteiger partial charge in [0.2, 0.25) is 0 Å². The molecule has 0 aliphatic carbocycles. The van der Waals surface area contributed by atoms with Crippen molar-refractivity contribution in [3.05, 3.63) is 65.5 Å². The number of hydrogen-bond acceptors (Lipinski definition) is 2. The molecule has 0 aromatic heterocycles. The molecule has 2 rings (SSSR count). The Bertz CT molecular complexity index is 524. The summed E-state index contributed by atoms with van der Waals surface area (Å²) in [6.45, 7) is 2.10. The van der Waals surface area contributed by atoms with E-state index in [0.717, 1.165) is 5.56 Å². The first-order valence-corrected chi connectivity index (χ1v) is 6.28. The third kappa shape index (κ3) is 4.07. The summed E-state index contributed by atoms with van der Waals surface area (Å²) in [6.07, 6.45) is -0.150. The third-order valence-corrected chi connectivity index (χ3v) is 2.78. The predicted octanol–water partition coefficient (Wildman–Crippen LogP) is 3.33. The molecule has 0 spiro atoms. The van der Waals surface area contributed by atoms with Crippen molar-refractivity contribution in [3.63, 3.8) is 0 Å². The Balaban J connectivity index is 2.11. The molecular weight excluding hydrogens is 243 g/mol. The molecule has 0 radical (unpaired) electrons. The second-order valence-electron chi connectivity index (χ2n) is 4.58. The first kappa shape index (κ1) is 13.6. The summed E-state index contributed by atoms with van der Waals surface area (Å²) in [6, 6.07) is 14.2. The van der Waals surface area contributed by atoms with Gasteiger partial charge in [0.25, 0.3) is 0 Å². The van der Waals surface area contributed by atoms with E-state index in [4.69, 9.17) is 4.74 Å². The molecule has 0 aliphatic rings. The summed E-state index contributed by atoms with van der Waals surface area (Å²) in [5.74, 6) is 0.300. The van der Waals surface area contributed by atoms with Gasteiger partial charge in [-0.1, -0.05) is 30.3 Å². The molecule has 2 aromatic rings. The van der Waals surface area contributed by atoms with Crippen LogP contribution in [0.2, 0.25) is 0 Å². The Labute approximate surface area is 112 Å². The average molecular weight is 260 g/mol. The van der Waals surface area contributed by atoms with E-state index in [-0.39, 0.29) is 5.82 Å². The fourth-order valence-corrected chi connectivity index (χ4v) is 1.90. The van der Waals surface area contributed by atoms with Gasteiger partial charge in [0.15, 0.2) is 0 Å². The highest BCUT2D eigenvalue weighted by Gasteiger charge is 2.08. The SMILES string of the molecule is C[C@H](O)Cc1cc(F)ccc1OCc1ccccc1. The van der Waals surface area contributed by atoms with Gasteiger partial charge in [0.05, 0.1) is 6.10 Å². The van der Waals surface area contributed by atoms with E-state index in [2.05, 4.69) is 0 Å². The maximum atomic E-state index is 13.2. The Kier molecular flexibility index (Phi) is 4.53. The number of rotatable bonds is 5. The van der Waals surface area contributed by atoms with Crippen LogP contribution in [0, 0.1) is 5.82 Å². The first-order chi connectivity index (χ1) is 9.15. The molecule has 0 bridgehead atoms. The zero-order valence-electron chi connectivity index (χ0n) is 10.8. The molecule has 1 atom stereocenters. The lowest BCUT2D eigenvalue weighted by Crippen LogP contribution is -2.07. The van der Waals surface area contributed by atoms with Crippen molar-refractivity contribution in [2.24, 2.45) is 0 Å². The van der Waals surface area contributed by atoms with E-state index in [1.165, 1.54) is 12.1 Å². The minimum atomic E-state index is -0.527. The third-order valence-electron chi connectivity index (χ3n) is 2.78. The molecule has 2 nitrogen and oxygen atoms in total. The van der Waals surface area contributed by atoms with Gasteiger partial charge in [0.1, 0.15) is 18.2 Å². The van der Waals surface area contributed by atoms with Crippen molar-refractivity contribution in [2.75, 3.05) is 0 Å². The van der Waals surface area contributed by atoms with Crippen LogP contribution < -0.4 is 4.74 Å². The summed E-state index contributed by atoms with van der Waals surface area (Å²) in [5.41, 5.74) is 1.74. The highest BCUT2D eigenvalue weighted by atomic mass is 19.1. The van der Waals surface area contributed by atoms with Crippen LogP contribution in [-0.4, -0.2) is 11.2 Å². The molecule has 2 aromatic carbocycles. The van der Waals surface area contributed by atoms with Gasteiger partial charge in [-0.05, 0) is 36.2 Å². The molecule has 0 saturated carbocycles. The standard InChI is InChI=1S/C16H17FO2/c1-12(18)9-14-10-15(17)7-8-16(14)19-11-13-5-3-2-4-6-13/h2-8,10,12,18H,9,11H2,1H3/t12-/m0/s1. The Hall–Kier alpha value is -1.87. The summed E-state index contributed by atoms with van der Waals surface area (Å²) < 4.78 is 18.9. The smallest absolute Gasteiger partial charge is 0.123 e. The van der Waals surface area contributed by atoms with Gasteiger partial charge in [-0.15, -0.1) is 0 Å². The number of aliphatic hydroxyl groups excluding tert-OH is 1. The maximum absolute atomic E-state index is 13.2. The van der Waals surface area contributed by atoms with E-state index in [9.17, 15) is 9.50 Å². The van der Waals surface area contributed by atoms with E-state index < -0.39 is 6.10 Å². The average Bonchev–Trinajstić information content (AvgIpc) is 2.38. The lowest BCUT2D eigenvalue weighted by atomic mass is 10.1. The van der Waals surface area contributed by atoms with Crippen LogP contribution in [0.3, 0.4) is 0 Å². The normalized spacial score (nSPS) is 12.2. The predicted molar refractivity (Wildman–Crippen MR) is 72.6 cm³/mol. The van der Waals surface area contributed by atoms with E-state index in [0.29, 0.717) is 24.3 Å².